The van der Waals surface area contributed by atoms with Gasteiger partial charge in [0.2, 0.25) is 0 Å². The predicted molar refractivity (Wildman–Crippen MR) is 92.7 cm³/mol. The summed E-state index contributed by atoms with van der Waals surface area (Å²) in [5, 5.41) is 3.78. The third kappa shape index (κ3) is 4.47. The zero-order chi connectivity index (χ0) is 15.5. The number of hydrogen-bond donors (Lipinski definition) is 1. The lowest BCUT2D eigenvalue weighted by atomic mass is 9.91. The molecule has 1 fully saturated rings. The van der Waals surface area contributed by atoms with E-state index < -0.39 is 0 Å². The van der Waals surface area contributed by atoms with Crippen molar-refractivity contribution in [1.29, 1.82) is 0 Å². The SMILES string of the molecule is CCN(CC)Cc1cccc(NC2CC(C)(C)CC2C)c1. The van der Waals surface area contributed by atoms with Crippen LogP contribution in [0.1, 0.15) is 53.0 Å². The van der Waals surface area contributed by atoms with Crippen LogP contribution in [0.25, 0.3) is 0 Å². The van der Waals surface area contributed by atoms with Crippen molar-refractivity contribution in [2.75, 3.05) is 18.4 Å². The van der Waals surface area contributed by atoms with Gasteiger partial charge in [-0.25, -0.2) is 0 Å². The second kappa shape index (κ2) is 6.83. The van der Waals surface area contributed by atoms with E-state index in [1.807, 2.05) is 0 Å². The summed E-state index contributed by atoms with van der Waals surface area (Å²) in [5.41, 5.74) is 3.18. The van der Waals surface area contributed by atoms with Crippen LogP contribution in [0, 0.1) is 11.3 Å². The highest BCUT2D eigenvalue weighted by Crippen LogP contribution is 2.42. The normalized spacial score (nSPS) is 24.5. The van der Waals surface area contributed by atoms with E-state index in [-0.39, 0.29) is 0 Å². The molecule has 2 heteroatoms. The minimum Gasteiger partial charge on any atom is -0.382 e. The first-order valence-electron chi connectivity index (χ1n) is 8.51. The van der Waals surface area contributed by atoms with E-state index in [0.29, 0.717) is 11.5 Å². The number of nitrogens with one attached hydrogen (secondary N) is 1. The standard InChI is InChI=1S/C19H32N2/c1-6-21(7-2)14-16-9-8-10-17(11-16)20-18-13-19(4,5)12-15(18)3/h8-11,15,18,20H,6-7,12-14H2,1-5H3. The summed E-state index contributed by atoms with van der Waals surface area (Å²) < 4.78 is 0. The maximum Gasteiger partial charge on any atom is 0.0345 e. The Hall–Kier alpha value is -1.02. The fourth-order valence-corrected chi connectivity index (χ4v) is 3.77. The van der Waals surface area contributed by atoms with Crippen LogP contribution in [-0.4, -0.2) is 24.0 Å². The lowest BCUT2D eigenvalue weighted by molar-refractivity contribution is 0.296. The molecular formula is C19H32N2. The maximum absolute atomic E-state index is 3.78. The first-order valence-corrected chi connectivity index (χ1v) is 8.51. The Morgan fingerprint density at radius 1 is 1.19 bits per heavy atom. The Bertz CT molecular complexity index is 449. The highest BCUT2D eigenvalue weighted by atomic mass is 15.1. The monoisotopic (exact) mass is 288 g/mol. The molecule has 1 aliphatic carbocycles. The molecule has 0 saturated heterocycles. The lowest BCUT2D eigenvalue weighted by Gasteiger charge is -2.22. The average Bonchev–Trinajstić information content (AvgIpc) is 2.69. The zero-order valence-electron chi connectivity index (χ0n) is 14.4. The summed E-state index contributed by atoms with van der Waals surface area (Å²) in [7, 11) is 0. The van der Waals surface area contributed by atoms with Crippen molar-refractivity contribution < 1.29 is 0 Å². The van der Waals surface area contributed by atoms with Gasteiger partial charge in [0, 0.05) is 18.3 Å². The maximum atomic E-state index is 3.78. The van der Waals surface area contributed by atoms with Gasteiger partial charge in [-0.2, -0.15) is 0 Å². The van der Waals surface area contributed by atoms with Crippen LogP contribution in [0.4, 0.5) is 5.69 Å². The lowest BCUT2D eigenvalue weighted by Crippen LogP contribution is -2.23. The van der Waals surface area contributed by atoms with Gasteiger partial charge in [-0.15, -0.1) is 0 Å². The Morgan fingerprint density at radius 3 is 2.48 bits per heavy atom. The van der Waals surface area contributed by atoms with Crippen molar-refractivity contribution in [3.05, 3.63) is 29.8 Å². The van der Waals surface area contributed by atoms with Crippen LogP contribution in [0.2, 0.25) is 0 Å². The Kier molecular flexibility index (Phi) is 5.32. The van der Waals surface area contributed by atoms with Crippen LogP contribution >= 0.6 is 0 Å². The summed E-state index contributed by atoms with van der Waals surface area (Å²) in [5.74, 6) is 0.756. The summed E-state index contributed by atoms with van der Waals surface area (Å²) in [6.45, 7) is 14.9. The topological polar surface area (TPSA) is 15.3 Å². The second-order valence-electron chi connectivity index (χ2n) is 7.46. The van der Waals surface area contributed by atoms with Crippen LogP contribution < -0.4 is 5.32 Å². The number of anilines is 1. The van der Waals surface area contributed by atoms with Gasteiger partial charge in [0.1, 0.15) is 0 Å². The van der Waals surface area contributed by atoms with E-state index >= 15 is 0 Å². The van der Waals surface area contributed by atoms with Crippen LogP contribution in [0.3, 0.4) is 0 Å². The van der Waals surface area contributed by atoms with Crippen molar-refractivity contribution in [2.24, 2.45) is 11.3 Å². The third-order valence-electron chi connectivity index (χ3n) is 4.91. The molecular weight excluding hydrogens is 256 g/mol. The molecule has 0 aliphatic heterocycles. The van der Waals surface area contributed by atoms with Crippen molar-refractivity contribution in [1.82, 2.24) is 4.90 Å². The van der Waals surface area contributed by atoms with Crippen LogP contribution in [-0.2, 0) is 6.54 Å². The first-order chi connectivity index (χ1) is 9.93. The van der Waals surface area contributed by atoms with Crippen molar-refractivity contribution in [2.45, 2.75) is 60.0 Å². The summed E-state index contributed by atoms with van der Waals surface area (Å²) in [6, 6.07) is 9.58. The van der Waals surface area contributed by atoms with Crippen LogP contribution in [0.15, 0.2) is 24.3 Å². The zero-order valence-corrected chi connectivity index (χ0v) is 14.4. The van der Waals surface area contributed by atoms with Gasteiger partial charge < -0.3 is 5.32 Å². The summed E-state index contributed by atoms with van der Waals surface area (Å²) in [6.07, 6.45) is 2.60. The van der Waals surface area contributed by atoms with Gasteiger partial charge in [-0.05, 0) is 55.0 Å². The molecule has 2 rings (SSSR count). The number of nitrogens with zero attached hydrogens (tertiary/aromatic N) is 1. The molecule has 0 aromatic heterocycles. The minimum atomic E-state index is 0.482. The molecule has 1 N–H and O–H groups in total. The van der Waals surface area contributed by atoms with E-state index in [2.05, 4.69) is 69.1 Å². The van der Waals surface area contributed by atoms with E-state index in [4.69, 9.17) is 0 Å². The van der Waals surface area contributed by atoms with E-state index in [0.717, 1.165) is 25.6 Å². The summed E-state index contributed by atoms with van der Waals surface area (Å²) in [4.78, 5) is 2.46. The number of hydrogen-bond acceptors (Lipinski definition) is 2. The minimum absolute atomic E-state index is 0.482. The fourth-order valence-electron chi connectivity index (χ4n) is 3.77. The molecule has 2 unspecified atom stereocenters. The highest BCUT2D eigenvalue weighted by molar-refractivity contribution is 5.47. The summed E-state index contributed by atoms with van der Waals surface area (Å²) >= 11 is 0. The molecule has 0 heterocycles. The predicted octanol–water partition coefficient (Wildman–Crippen LogP) is 4.77. The van der Waals surface area contributed by atoms with Crippen molar-refractivity contribution in [3.8, 4) is 0 Å². The molecule has 1 aromatic carbocycles. The van der Waals surface area contributed by atoms with Gasteiger partial charge in [-0.1, -0.05) is 46.8 Å². The average molecular weight is 288 g/mol. The Balaban J connectivity index is 2.01. The van der Waals surface area contributed by atoms with Gasteiger partial charge in [0.15, 0.2) is 0 Å². The molecule has 2 atom stereocenters. The van der Waals surface area contributed by atoms with E-state index in [1.165, 1.54) is 24.1 Å². The number of benzene rings is 1. The molecule has 1 aromatic rings. The molecule has 0 bridgehead atoms. The second-order valence-corrected chi connectivity index (χ2v) is 7.46. The molecule has 1 aliphatic rings. The smallest absolute Gasteiger partial charge is 0.0345 e. The highest BCUT2D eigenvalue weighted by Gasteiger charge is 2.36. The molecule has 21 heavy (non-hydrogen) atoms. The third-order valence-corrected chi connectivity index (χ3v) is 4.91. The first kappa shape index (κ1) is 16.4. The van der Waals surface area contributed by atoms with Gasteiger partial charge in [-0.3, -0.25) is 4.90 Å². The van der Waals surface area contributed by atoms with Crippen molar-refractivity contribution in [3.63, 3.8) is 0 Å². The molecule has 2 nitrogen and oxygen atoms in total. The molecule has 118 valence electrons. The van der Waals surface area contributed by atoms with Gasteiger partial charge in [0.25, 0.3) is 0 Å². The number of rotatable bonds is 6. The van der Waals surface area contributed by atoms with Crippen LogP contribution in [0.5, 0.6) is 0 Å². The van der Waals surface area contributed by atoms with Crippen molar-refractivity contribution >= 4 is 5.69 Å². The molecule has 0 amide bonds. The van der Waals surface area contributed by atoms with E-state index in [1.54, 1.807) is 0 Å². The molecule has 0 radical (unpaired) electrons. The Labute approximate surface area is 130 Å². The van der Waals surface area contributed by atoms with Gasteiger partial charge >= 0.3 is 0 Å². The van der Waals surface area contributed by atoms with E-state index in [9.17, 15) is 0 Å². The quantitative estimate of drug-likeness (QED) is 0.811. The van der Waals surface area contributed by atoms with Gasteiger partial charge in [0.05, 0.1) is 0 Å². The Morgan fingerprint density at radius 2 is 1.90 bits per heavy atom. The largest absolute Gasteiger partial charge is 0.382 e. The molecule has 1 saturated carbocycles. The fraction of sp³-hybridized carbons (Fsp3) is 0.684. The molecule has 0 spiro atoms.